The molecule has 8 aromatic carbocycles. The molecule has 107 heavy (non-hydrogen) atoms. The minimum absolute atomic E-state index is 0.000000000000000444. The Hall–Kier alpha value is -10.1. The largest absolute Gasteiger partial charge is 0.399 e. The molecule has 0 atom stereocenters. The van der Waals surface area contributed by atoms with Gasteiger partial charge in [0, 0.05) is 47.7 Å². The zero-order chi connectivity index (χ0) is 77.6. The molecule has 12 aromatic rings. The Kier molecular flexibility index (Phi) is 29.3. The molecule has 0 fully saturated rings. The summed E-state index contributed by atoms with van der Waals surface area (Å²) in [5.41, 5.74) is 21.0. The van der Waals surface area contributed by atoms with Crippen molar-refractivity contribution in [2.75, 3.05) is 27.8 Å². The third kappa shape index (κ3) is 27.4. The quantitative estimate of drug-likeness (QED) is 0.0219. The maximum atomic E-state index is 12.5. The van der Waals surface area contributed by atoms with Crippen LogP contribution in [0.15, 0.2) is 214 Å². The van der Waals surface area contributed by atoms with E-state index < -0.39 is 60.1 Å². The van der Waals surface area contributed by atoms with Crippen molar-refractivity contribution < 1.29 is 51.9 Å². The van der Waals surface area contributed by atoms with Gasteiger partial charge in [-0.1, -0.05) is 152 Å². The average molecular weight is 1670 g/mol. The average Bonchev–Trinajstić information content (AvgIpc) is 0.816. The van der Waals surface area contributed by atoms with Gasteiger partial charge >= 0.3 is 0 Å². The van der Waals surface area contributed by atoms with Crippen LogP contribution in [0.2, 0.25) is 37.0 Å². The summed E-state index contributed by atoms with van der Waals surface area (Å²) in [5.74, 6) is 1.38. The maximum absolute atomic E-state index is 12.5. The first-order chi connectivity index (χ1) is 50.6. The first-order valence-electron chi connectivity index (χ1n) is 30.0. The van der Waals surface area contributed by atoms with Gasteiger partial charge in [-0.15, -0.1) is 0 Å². The van der Waals surface area contributed by atoms with Crippen molar-refractivity contribution in [3.05, 3.63) is 288 Å². The molecular formula is C67H54Cl7N17O12S4. The third-order valence-corrected chi connectivity index (χ3v) is 18.3. The summed E-state index contributed by atoms with van der Waals surface area (Å²) in [7, 11) is -18.6. The number of nitrogens with two attached hydrogens (primary N) is 3. The van der Waals surface area contributed by atoms with Crippen molar-refractivity contribution in [1.82, 2.24) is 59.8 Å². The fourth-order valence-electron chi connectivity index (χ4n) is 8.98. The molecule has 552 valence electrons. The number of nitrogen functional groups attached to an aromatic ring is 3. The van der Waals surface area contributed by atoms with E-state index in [4.69, 9.17) is 98.4 Å². The summed E-state index contributed by atoms with van der Waals surface area (Å²) in [6, 6.07) is 53.8. The molecule has 0 aliphatic heterocycles. The van der Waals surface area contributed by atoms with E-state index in [1.807, 2.05) is 109 Å². The highest BCUT2D eigenvalue weighted by atomic mass is 35.5. The highest BCUT2D eigenvalue weighted by Crippen LogP contribution is 2.30. The fourth-order valence-corrected chi connectivity index (χ4v) is 13.2. The van der Waals surface area contributed by atoms with Gasteiger partial charge in [-0.05, 0) is 187 Å². The maximum Gasteiger partial charge on any atom is 0.295 e. The van der Waals surface area contributed by atoms with Crippen molar-refractivity contribution in [2.45, 2.75) is 38.8 Å². The van der Waals surface area contributed by atoms with Crippen LogP contribution >= 0.6 is 81.2 Å². The van der Waals surface area contributed by atoms with Crippen molar-refractivity contribution in [3.63, 3.8) is 0 Å². The predicted molar refractivity (Wildman–Crippen MR) is 411 cm³/mol. The number of halogens is 7. The van der Waals surface area contributed by atoms with E-state index in [1.54, 1.807) is 18.2 Å². The van der Waals surface area contributed by atoms with Crippen LogP contribution in [-0.4, -0.2) is 112 Å². The molecule has 4 heterocycles. The molecule has 0 saturated carbocycles. The Morgan fingerprint density at radius 2 is 0.589 bits per heavy atom. The van der Waals surface area contributed by atoms with Crippen molar-refractivity contribution in [3.8, 4) is 0 Å². The second kappa shape index (κ2) is 38.0. The summed E-state index contributed by atoms with van der Waals surface area (Å²) >= 11 is 39.5. The predicted octanol–water partition coefficient (Wildman–Crippen LogP) is 14.1. The molecule has 0 spiro atoms. The molecule has 0 amide bonds. The van der Waals surface area contributed by atoms with Crippen molar-refractivity contribution >= 4 is 186 Å². The van der Waals surface area contributed by atoms with Gasteiger partial charge in [0.25, 0.3) is 40.5 Å². The van der Waals surface area contributed by atoms with E-state index in [9.17, 15) is 51.9 Å². The van der Waals surface area contributed by atoms with Gasteiger partial charge in [-0.25, -0.2) is 24.9 Å². The Morgan fingerprint density at radius 1 is 0.290 bits per heavy atom. The van der Waals surface area contributed by atoms with Crippen LogP contribution in [0, 0.1) is 0 Å². The van der Waals surface area contributed by atoms with E-state index in [0.717, 1.165) is 35.0 Å². The Labute approximate surface area is 647 Å². The molecular weight excluding hydrogens is 1610 g/mol. The first-order valence-corrected chi connectivity index (χ1v) is 38.4. The number of benzene rings is 8. The Balaban J connectivity index is 0.000000212. The molecule has 40 heteroatoms. The summed E-state index contributed by atoms with van der Waals surface area (Å²) in [6.07, 6.45) is 6.16. The van der Waals surface area contributed by atoms with Crippen LogP contribution in [0.25, 0.3) is 24.3 Å². The lowest BCUT2D eigenvalue weighted by Crippen LogP contribution is -2.07. The molecule has 0 saturated heterocycles. The molecule has 0 unspecified atom stereocenters. The van der Waals surface area contributed by atoms with E-state index >= 15 is 0 Å². The number of aromatic nitrogens is 12. The highest BCUT2D eigenvalue weighted by Gasteiger charge is 2.21. The van der Waals surface area contributed by atoms with Crippen LogP contribution < -0.4 is 27.8 Å². The lowest BCUT2D eigenvalue weighted by atomic mass is 10.1. The SMILES string of the molecule is Clc1nc(Cl)nc(Cc2ccccc2)n1.Clc1nc(Cl)nc(Cl)n1.Nc1ccc(/C=C/c2ccc(N)cc2S(=O)(=O)O)c(S(=O)(=O)O)c1.Nc1ccccc1.O=S(=O)(O)c1cc(Cc2nc(Cl)nc(Cc3ccccc3)n2)ccc1/C=C/c1ccc(Nc2nc(Cl)nc(Nc3ccccc3)n2)cc1S(=O)(=O)O. The van der Waals surface area contributed by atoms with Gasteiger partial charge in [0.05, 0.1) is 0 Å². The molecule has 12 rings (SSSR count). The standard InChI is InChI=1S/C34H26Cl2N8O6S2.C14H14N2O6S2.C10H7Cl2N3.C6H7N.C3Cl3N3/c35-31-40-29(18-21-7-3-1-4-8-21)39-30(41-31)19-22-11-12-23(27(17-22)51(45,46)47)13-14-24-15-16-26(20-28(24)52(48,49)50)38-34-43-32(36)42-33(44-34)37-25-9-5-2-6-10-25;15-11-5-3-9(13(7-11)23(17,18)19)1-2-10-4-6-12(16)8-14(10)24(20,21)22;11-9-13-8(14-10(12)15-9)6-7-4-2-1-3-5-7;7-6-4-2-1-3-5-6;4-1-7-2(5)9-3(6)8-1/h1-17,20H,18-19H2,(H,45,46,47)(H,48,49,50)(H2,37,38,42,43,44);1-8H,15-16H2,(H,17,18,19)(H,20,21,22);1-5H,6H2;1-5H,7H2;/b14-13+;2-1+;;;. The lowest BCUT2D eigenvalue weighted by molar-refractivity contribution is 0.480. The molecule has 0 radical (unpaired) electrons. The molecule has 0 aliphatic rings. The minimum Gasteiger partial charge on any atom is -0.399 e. The lowest BCUT2D eigenvalue weighted by Gasteiger charge is -2.11. The third-order valence-electron chi connectivity index (χ3n) is 13.5. The number of rotatable bonds is 18. The van der Waals surface area contributed by atoms with Gasteiger partial charge in [0.2, 0.25) is 48.9 Å². The Bertz CT molecular complexity index is 5350. The zero-order valence-corrected chi connectivity index (χ0v) is 62.9. The molecule has 12 N–H and O–H groups in total. The van der Waals surface area contributed by atoms with Crippen molar-refractivity contribution in [1.29, 1.82) is 0 Å². The number of nitrogens with zero attached hydrogens (tertiary/aromatic N) is 12. The second-order valence-corrected chi connectivity index (χ2v) is 29.4. The fraction of sp³-hybridized carbons (Fsp3) is 0.0448. The van der Waals surface area contributed by atoms with Gasteiger partial charge in [-0.2, -0.15) is 68.6 Å². The van der Waals surface area contributed by atoms with Crippen LogP contribution in [0.4, 0.5) is 40.3 Å². The molecule has 4 aromatic heterocycles. The van der Waals surface area contributed by atoms with E-state index in [-0.39, 0.29) is 100 Å². The first kappa shape index (κ1) is 82.6. The van der Waals surface area contributed by atoms with Crippen molar-refractivity contribution in [2.24, 2.45) is 0 Å². The van der Waals surface area contributed by atoms with Crippen LogP contribution in [-0.2, 0) is 59.7 Å². The Morgan fingerprint density at radius 3 is 0.972 bits per heavy atom. The van der Waals surface area contributed by atoms with Gasteiger partial charge in [0.15, 0.2) is 0 Å². The number of nitrogens with one attached hydrogen (secondary N) is 2. The summed E-state index contributed by atoms with van der Waals surface area (Å²) < 4.78 is 134. The normalized spacial score (nSPS) is 11.4. The molecule has 0 bridgehead atoms. The second-order valence-electron chi connectivity index (χ2n) is 21.4. The minimum atomic E-state index is -4.80. The molecule has 0 aliphatic carbocycles. The van der Waals surface area contributed by atoms with Gasteiger partial charge < -0.3 is 27.8 Å². The highest BCUT2D eigenvalue weighted by molar-refractivity contribution is 7.86. The number of hydrogen-bond acceptors (Lipinski definition) is 25. The zero-order valence-electron chi connectivity index (χ0n) is 54.3. The number of hydrogen-bond donors (Lipinski definition) is 9. The summed E-state index contributed by atoms with van der Waals surface area (Å²) in [4.78, 5) is 45.3. The number of anilines is 7. The number of para-hydroxylation sites is 2. The van der Waals surface area contributed by atoms with Gasteiger partial charge in [0.1, 0.15) is 37.1 Å². The monoisotopic (exact) mass is 1660 g/mol. The van der Waals surface area contributed by atoms with E-state index in [2.05, 4.69) is 70.4 Å². The van der Waals surface area contributed by atoms with E-state index in [0.29, 0.717) is 35.7 Å². The summed E-state index contributed by atoms with van der Waals surface area (Å²) in [6.45, 7) is 0. The summed E-state index contributed by atoms with van der Waals surface area (Å²) in [5, 5.41) is 5.91. The van der Waals surface area contributed by atoms with Gasteiger partial charge in [-0.3, -0.25) is 18.2 Å². The molecule has 29 nitrogen and oxygen atoms in total. The smallest absolute Gasteiger partial charge is 0.295 e. The topological polar surface area (TPSA) is 474 Å². The van der Waals surface area contributed by atoms with Crippen LogP contribution in [0.3, 0.4) is 0 Å². The van der Waals surface area contributed by atoms with Crippen LogP contribution in [0.5, 0.6) is 0 Å². The van der Waals surface area contributed by atoms with Crippen LogP contribution in [0.1, 0.15) is 56.4 Å². The van der Waals surface area contributed by atoms with E-state index in [1.165, 1.54) is 72.8 Å².